The van der Waals surface area contributed by atoms with Gasteiger partial charge in [-0.3, -0.25) is 4.90 Å². The Morgan fingerprint density at radius 3 is 2.92 bits per heavy atom. The van der Waals surface area contributed by atoms with Crippen molar-refractivity contribution in [1.82, 2.24) is 14.9 Å². The van der Waals surface area contributed by atoms with E-state index in [1.54, 1.807) is 6.92 Å². The third kappa shape index (κ3) is 3.86. The van der Waals surface area contributed by atoms with Crippen molar-refractivity contribution in [2.45, 2.75) is 45.8 Å². The number of aromatic nitrogens is 2. The second-order valence-corrected chi connectivity index (χ2v) is 8.72. The summed E-state index contributed by atoms with van der Waals surface area (Å²) in [5, 5.41) is 14.3. The Morgan fingerprint density at radius 2 is 2.15 bits per heavy atom. The molecule has 2 aliphatic rings. The smallest absolute Gasteiger partial charge is 0.146 e. The molecule has 6 nitrogen and oxygen atoms in total. The van der Waals surface area contributed by atoms with Gasteiger partial charge in [0, 0.05) is 24.5 Å². The predicted octanol–water partition coefficient (Wildman–Crippen LogP) is 2.44. The minimum absolute atomic E-state index is 0.405. The van der Waals surface area contributed by atoms with Crippen LogP contribution in [-0.2, 0) is 24.1 Å². The van der Waals surface area contributed by atoms with E-state index < -0.39 is 6.10 Å². The van der Waals surface area contributed by atoms with Gasteiger partial charge in [0.1, 0.15) is 16.5 Å². The average molecular weight is 377 g/mol. The summed E-state index contributed by atoms with van der Waals surface area (Å²) in [6.45, 7) is 8.79. The lowest BCUT2D eigenvalue weighted by Crippen LogP contribution is -2.36. The third-order valence-electron chi connectivity index (χ3n) is 5.24. The number of hydrogen-bond donors (Lipinski definition) is 2. The minimum Gasteiger partial charge on any atom is -0.392 e. The van der Waals surface area contributed by atoms with Crippen LogP contribution in [0.1, 0.15) is 36.5 Å². The van der Waals surface area contributed by atoms with E-state index in [0.717, 1.165) is 68.1 Å². The van der Waals surface area contributed by atoms with E-state index >= 15 is 0 Å². The molecular formula is C19H28N4O2S. The fourth-order valence-electron chi connectivity index (χ4n) is 3.79. The number of ether oxygens (including phenoxy) is 1. The Bertz CT molecular complexity index is 770. The Hall–Kier alpha value is -1.28. The monoisotopic (exact) mass is 376 g/mol. The number of anilines is 1. The number of fused-ring (bicyclic) bond motifs is 3. The zero-order valence-corrected chi connectivity index (χ0v) is 16.4. The van der Waals surface area contributed by atoms with Crippen molar-refractivity contribution in [3.8, 4) is 0 Å². The largest absolute Gasteiger partial charge is 0.392 e. The first-order chi connectivity index (χ1) is 12.6. The fourth-order valence-corrected chi connectivity index (χ4v) is 5.19. The number of thiophene rings is 1. The number of morpholine rings is 1. The summed E-state index contributed by atoms with van der Waals surface area (Å²) in [4.78, 5) is 14.7. The number of hydrogen-bond acceptors (Lipinski definition) is 7. The van der Waals surface area contributed by atoms with Gasteiger partial charge in [0.25, 0.3) is 0 Å². The highest BCUT2D eigenvalue weighted by atomic mass is 32.1. The Kier molecular flexibility index (Phi) is 5.40. The van der Waals surface area contributed by atoms with Crippen LogP contribution in [-0.4, -0.2) is 58.9 Å². The molecule has 4 rings (SSSR count). The lowest BCUT2D eigenvalue weighted by molar-refractivity contribution is 0.0331. The maximum Gasteiger partial charge on any atom is 0.146 e. The van der Waals surface area contributed by atoms with Gasteiger partial charge in [0.15, 0.2) is 0 Å². The lowest BCUT2D eigenvalue weighted by atomic mass is 9.89. The van der Waals surface area contributed by atoms with Crippen LogP contribution in [0.2, 0.25) is 0 Å². The van der Waals surface area contributed by atoms with Crippen LogP contribution in [0.4, 0.5) is 5.82 Å². The molecule has 26 heavy (non-hydrogen) atoms. The first kappa shape index (κ1) is 18.1. The van der Waals surface area contributed by atoms with Crippen LogP contribution in [0.5, 0.6) is 0 Å². The zero-order chi connectivity index (χ0) is 18.1. The summed E-state index contributed by atoms with van der Waals surface area (Å²) in [5.41, 5.74) is 1.43. The second kappa shape index (κ2) is 7.76. The van der Waals surface area contributed by atoms with Gasteiger partial charge in [0.2, 0.25) is 0 Å². The van der Waals surface area contributed by atoms with Crippen molar-refractivity contribution in [3.05, 3.63) is 16.3 Å². The number of nitrogens with one attached hydrogen (secondary N) is 1. The number of rotatable bonds is 5. The molecule has 1 aliphatic carbocycles. The SMILES string of the molecule is CC(O)CNc1nc(CN2CCOCC2)nc2sc3c(c12)CCC(C)C3. The molecular weight excluding hydrogens is 348 g/mol. The van der Waals surface area contributed by atoms with Crippen LogP contribution >= 0.6 is 11.3 Å². The lowest BCUT2D eigenvalue weighted by Gasteiger charge is -2.26. The van der Waals surface area contributed by atoms with Gasteiger partial charge in [-0.1, -0.05) is 6.92 Å². The number of nitrogens with zero attached hydrogens (tertiary/aromatic N) is 3. The molecule has 0 spiro atoms. The Morgan fingerprint density at radius 1 is 1.35 bits per heavy atom. The molecule has 2 atom stereocenters. The van der Waals surface area contributed by atoms with E-state index in [9.17, 15) is 5.11 Å². The van der Waals surface area contributed by atoms with E-state index in [1.807, 2.05) is 11.3 Å². The molecule has 0 amide bonds. The highest BCUT2D eigenvalue weighted by Gasteiger charge is 2.24. The molecule has 1 saturated heterocycles. The molecule has 2 unspecified atom stereocenters. The Labute approximate surface area is 158 Å². The van der Waals surface area contributed by atoms with Gasteiger partial charge in [-0.05, 0) is 37.7 Å². The normalized spacial score (nSPS) is 22.3. The second-order valence-electron chi connectivity index (χ2n) is 7.64. The van der Waals surface area contributed by atoms with Crippen molar-refractivity contribution in [2.24, 2.45) is 5.92 Å². The average Bonchev–Trinajstić information content (AvgIpc) is 2.97. The molecule has 2 aromatic rings. The molecule has 142 valence electrons. The highest BCUT2D eigenvalue weighted by Crippen LogP contribution is 2.40. The van der Waals surface area contributed by atoms with E-state index in [2.05, 4.69) is 17.1 Å². The minimum atomic E-state index is -0.405. The molecule has 0 bridgehead atoms. The van der Waals surface area contributed by atoms with Gasteiger partial charge in [-0.2, -0.15) is 0 Å². The van der Waals surface area contributed by atoms with Crippen LogP contribution in [0, 0.1) is 5.92 Å². The van der Waals surface area contributed by atoms with E-state index in [1.165, 1.54) is 22.2 Å². The van der Waals surface area contributed by atoms with Crippen molar-refractivity contribution in [3.63, 3.8) is 0 Å². The molecule has 7 heteroatoms. The standard InChI is InChI=1S/C19H28N4O2S/c1-12-3-4-14-15(9-12)26-19-17(14)18(20-10-13(2)24)21-16(22-19)11-23-5-7-25-8-6-23/h12-13,24H,3-11H2,1-2H3,(H,20,21,22). The number of aliphatic hydroxyl groups excluding tert-OH is 1. The van der Waals surface area contributed by atoms with E-state index in [0.29, 0.717) is 6.54 Å². The van der Waals surface area contributed by atoms with Crippen molar-refractivity contribution in [2.75, 3.05) is 38.2 Å². The quantitative estimate of drug-likeness (QED) is 0.835. The number of aliphatic hydroxyl groups is 1. The van der Waals surface area contributed by atoms with Gasteiger partial charge >= 0.3 is 0 Å². The molecule has 3 heterocycles. The molecule has 0 radical (unpaired) electrons. The van der Waals surface area contributed by atoms with Crippen molar-refractivity contribution in [1.29, 1.82) is 0 Å². The predicted molar refractivity (Wildman–Crippen MR) is 105 cm³/mol. The molecule has 0 aromatic carbocycles. The fraction of sp³-hybridized carbons (Fsp3) is 0.684. The molecule has 1 fully saturated rings. The highest BCUT2D eigenvalue weighted by molar-refractivity contribution is 7.19. The molecule has 1 aliphatic heterocycles. The van der Waals surface area contributed by atoms with Gasteiger partial charge in [-0.15, -0.1) is 11.3 Å². The maximum absolute atomic E-state index is 9.71. The van der Waals surface area contributed by atoms with E-state index in [-0.39, 0.29) is 0 Å². The van der Waals surface area contributed by atoms with Crippen LogP contribution in [0.25, 0.3) is 10.2 Å². The number of aryl methyl sites for hydroxylation is 1. The molecule has 2 N–H and O–H groups in total. The van der Waals surface area contributed by atoms with Crippen molar-refractivity contribution < 1.29 is 9.84 Å². The summed E-state index contributed by atoms with van der Waals surface area (Å²) in [6, 6.07) is 0. The summed E-state index contributed by atoms with van der Waals surface area (Å²) in [5.74, 6) is 2.50. The summed E-state index contributed by atoms with van der Waals surface area (Å²) in [6.07, 6.45) is 3.07. The first-order valence-corrected chi connectivity index (χ1v) is 10.4. The zero-order valence-electron chi connectivity index (χ0n) is 15.6. The van der Waals surface area contributed by atoms with Crippen LogP contribution in [0.3, 0.4) is 0 Å². The summed E-state index contributed by atoms with van der Waals surface area (Å²) >= 11 is 1.83. The molecule has 0 saturated carbocycles. The topological polar surface area (TPSA) is 70.5 Å². The van der Waals surface area contributed by atoms with Crippen LogP contribution in [0.15, 0.2) is 0 Å². The van der Waals surface area contributed by atoms with Crippen molar-refractivity contribution >= 4 is 27.4 Å². The Balaban J connectivity index is 1.69. The van der Waals surface area contributed by atoms with Gasteiger partial charge in [0.05, 0.1) is 31.2 Å². The third-order valence-corrected chi connectivity index (χ3v) is 6.38. The van der Waals surface area contributed by atoms with Crippen LogP contribution < -0.4 is 5.32 Å². The summed E-state index contributed by atoms with van der Waals surface area (Å²) < 4.78 is 5.44. The maximum atomic E-state index is 9.71. The van der Waals surface area contributed by atoms with Gasteiger partial charge in [-0.25, -0.2) is 9.97 Å². The first-order valence-electron chi connectivity index (χ1n) is 9.63. The van der Waals surface area contributed by atoms with Gasteiger partial charge < -0.3 is 15.2 Å². The van der Waals surface area contributed by atoms with E-state index in [4.69, 9.17) is 14.7 Å². The summed E-state index contributed by atoms with van der Waals surface area (Å²) in [7, 11) is 0. The molecule has 2 aromatic heterocycles.